The molecule has 0 unspecified atom stereocenters. The maximum absolute atomic E-state index is 5.24. The largest absolute Gasteiger partial charge is 0.497 e. The van der Waals surface area contributed by atoms with E-state index in [1.54, 1.807) is 13.3 Å². The summed E-state index contributed by atoms with van der Waals surface area (Å²) in [5, 5.41) is 13.6. The first-order valence-electron chi connectivity index (χ1n) is 11.2. The summed E-state index contributed by atoms with van der Waals surface area (Å²) in [7, 11) is 1.67. The lowest BCUT2D eigenvalue weighted by Gasteiger charge is -2.10. The Morgan fingerprint density at radius 2 is 1.76 bits per heavy atom. The second-order valence-electron chi connectivity index (χ2n) is 8.26. The van der Waals surface area contributed by atoms with Gasteiger partial charge in [0.25, 0.3) is 0 Å². The Bertz CT molecular complexity index is 1360. The summed E-state index contributed by atoms with van der Waals surface area (Å²) < 4.78 is 11.0. The summed E-state index contributed by atoms with van der Waals surface area (Å²) in [4.78, 5) is 4.99. The standard InChI is InChI=1S/C25H27N7O/c1-4-5-18(2)31-16-21(13-28-31)25-24-10-11-26-32(24)17-23(29-25)20-12-27-30(15-20)14-19-6-8-22(33-3)9-7-19/h6-13,15-18H,4-5,14H2,1-3H3/t18-/m1/s1. The second-order valence-corrected chi connectivity index (χ2v) is 8.26. The van der Waals surface area contributed by atoms with Crippen LogP contribution in [-0.4, -0.2) is 41.3 Å². The number of methoxy groups -OCH3 is 1. The van der Waals surface area contributed by atoms with Crippen LogP contribution >= 0.6 is 0 Å². The van der Waals surface area contributed by atoms with Gasteiger partial charge in [0.15, 0.2) is 0 Å². The monoisotopic (exact) mass is 441 g/mol. The van der Waals surface area contributed by atoms with E-state index >= 15 is 0 Å². The molecule has 8 nitrogen and oxygen atoms in total. The zero-order valence-corrected chi connectivity index (χ0v) is 19.1. The second kappa shape index (κ2) is 8.90. The van der Waals surface area contributed by atoms with E-state index in [4.69, 9.17) is 9.72 Å². The lowest BCUT2D eigenvalue weighted by Crippen LogP contribution is -2.04. The molecule has 33 heavy (non-hydrogen) atoms. The van der Waals surface area contributed by atoms with Crippen LogP contribution in [0.2, 0.25) is 0 Å². The molecule has 1 atom stereocenters. The van der Waals surface area contributed by atoms with Crippen LogP contribution in [0.1, 0.15) is 38.3 Å². The van der Waals surface area contributed by atoms with Crippen molar-refractivity contribution in [1.29, 1.82) is 0 Å². The van der Waals surface area contributed by atoms with E-state index in [-0.39, 0.29) is 0 Å². The van der Waals surface area contributed by atoms with Gasteiger partial charge >= 0.3 is 0 Å². The lowest BCUT2D eigenvalue weighted by molar-refractivity contribution is 0.414. The van der Waals surface area contributed by atoms with Gasteiger partial charge in [-0.3, -0.25) is 9.36 Å². The van der Waals surface area contributed by atoms with Crippen molar-refractivity contribution < 1.29 is 4.74 Å². The summed E-state index contributed by atoms with van der Waals surface area (Å²) >= 11 is 0. The van der Waals surface area contributed by atoms with Crippen LogP contribution in [0.3, 0.4) is 0 Å². The molecule has 5 rings (SSSR count). The maximum atomic E-state index is 5.24. The third-order valence-corrected chi connectivity index (χ3v) is 5.86. The zero-order valence-electron chi connectivity index (χ0n) is 19.1. The van der Waals surface area contributed by atoms with Gasteiger partial charge in [0.05, 0.1) is 55.3 Å². The molecule has 168 valence electrons. The predicted molar refractivity (Wildman–Crippen MR) is 127 cm³/mol. The Labute approximate surface area is 192 Å². The minimum atomic E-state index is 0.351. The van der Waals surface area contributed by atoms with E-state index in [1.807, 2.05) is 69.0 Å². The molecule has 8 heteroatoms. The average molecular weight is 442 g/mol. The fourth-order valence-corrected chi connectivity index (χ4v) is 4.03. The molecule has 0 aliphatic rings. The van der Waals surface area contributed by atoms with E-state index < -0.39 is 0 Å². The van der Waals surface area contributed by atoms with Gasteiger partial charge in [-0.1, -0.05) is 25.5 Å². The molecule has 4 heterocycles. The summed E-state index contributed by atoms with van der Waals surface area (Å²) in [5.41, 5.74) is 5.70. The Hall–Kier alpha value is -3.94. The number of rotatable bonds is 8. The van der Waals surface area contributed by atoms with Crippen LogP contribution < -0.4 is 4.74 Å². The number of fused-ring (bicyclic) bond motifs is 1. The van der Waals surface area contributed by atoms with Crippen molar-refractivity contribution in [1.82, 2.24) is 34.2 Å². The topological polar surface area (TPSA) is 75.1 Å². The Morgan fingerprint density at radius 1 is 0.939 bits per heavy atom. The van der Waals surface area contributed by atoms with Gasteiger partial charge in [-0.2, -0.15) is 15.3 Å². The van der Waals surface area contributed by atoms with Crippen LogP contribution in [0.15, 0.2) is 67.5 Å². The fourth-order valence-electron chi connectivity index (χ4n) is 4.03. The van der Waals surface area contributed by atoms with Gasteiger partial charge in [-0.05, 0) is 37.1 Å². The molecule has 4 aromatic heterocycles. The highest BCUT2D eigenvalue weighted by molar-refractivity contribution is 5.78. The van der Waals surface area contributed by atoms with Gasteiger partial charge in [0.1, 0.15) is 5.75 Å². The molecule has 0 radical (unpaired) electrons. The van der Waals surface area contributed by atoms with Crippen molar-refractivity contribution in [2.24, 2.45) is 0 Å². The maximum Gasteiger partial charge on any atom is 0.118 e. The minimum absolute atomic E-state index is 0.351. The lowest BCUT2D eigenvalue weighted by atomic mass is 10.2. The molecule has 0 amide bonds. The number of ether oxygens (including phenoxy) is 1. The van der Waals surface area contributed by atoms with Gasteiger partial charge in [-0.15, -0.1) is 0 Å². The van der Waals surface area contributed by atoms with Crippen LogP contribution in [0.25, 0.3) is 28.0 Å². The molecule has 0 bridgehead atoms. The van der Waals surface area contributed by atoms with E-state index in [0.29, 0.717) is 12.6 Å². The molecule has 0 N–H and O–H groups in total. The van der Waals surface area contributed by atoms with Crippen LogP contribution in [0.4, 0.5) is 0 Å². The summed E-state index contributed by atoms with van der Waals surface area (Å²) in [6.07, 6.45) is 13.8. The van der Waals surface area contributed by atoms with Gasteiger partial charge < -0.3 is 4.74 Å². The van der Waals surface area contributed by atoms with E-state index in [9.17, 15) is 0 Å². The molecule has 0 aliphatic carbocycles. The van der Waals surface area contributed by atoms with Crippen LogP contribution in [0, 0.1) is 0 Å². The van der Waals surface area contributed by atoms with Gasteiger partial charge in [0.2, 0.25) is 0 Å². The Balaban J connectivity index is 1.46. The quantitative estimate of drug-likeness (QED) is 0.343. The minimum Gasteiger partial charge on any atom is -0.497 e. The third-order valence-electron chi connectivity index (χ3n) is 5.86. The fraction of sp³-hybridized carbons (Fsp3) is 0.280. The molecule has 1 aromatic carbocycles. The van der Waals surface area contributed by atoms with E-state index in [0.717, 1.165) is 52.2 Å². The van der Waals surface area contributed by atoms with Crippen molar-refractivity contribution in [2.75, 3.05) is 7.11 Å². The first-order valence-corrected chi connectivity index (χ1v) is 11.2. The molecule has 0 spiro atoms. The average Bonchev–Trinajstić information content (AvgIpc) is 3.59. The number of aromatic nitrogens is 7. The summed E-state index contributed by atoms with van der Waals surface area (Å²) in [5.74, 6) is 0.844. The van der Waals surface area contributed by atoms with Crippen molar-refractivity contribution in [3.8, 4) is 28.3 Å². The van der Waals surface area contributed by atoms with Crippen LogP contribution in [-0.2, 0) is 6.54 Å². The summed E-state index contributed by atoms with van der Waals surface area (Å²) in [6, 6.07) is 10.3. The highest BCUT2D eigenvalue weighted by Gasteiger charge is 2.15. The molecule has 5 aromatic rings. The smallest absolute Gasteiger partial charge is 0.118 e. The number of hydrogen-bond acceptors (Lipinski definition) is 5. The molecule has 0 aliphatic heterocycles. The third kappa shape index (κ3) is 4.24. The zero-order chi connectivity index (χ0) is 22.8. The highest BCUT2D eigenvalue weighted by Crippen LogP contribution is 2.27. The van der Waals surface area contributed by atoms with Crippen LogP contribution in [0.5, 0.6) is 5.75 Å². The Kier molecular flexibility index (Phi) is 5.64. The van der Waals surface area contributed by atoms with Crippen molar-refractivity contribution in [2.45, 2.75) is 39.3 Å². The molecular formula is C25H27N7O. The normalized spacial score (nSPS) is 12.3. The first kappa shape index (κ1) is 20.9. The molecule has 0 saturated heterocycles. The first-order chi connectivity index (χ1) is 16.1. The molecular weight excluding hydrogens is 414 g/mol. The number of nitrogens with zero attached hydrogens (tertiary/aromatic N) is 7. The van der Waals surface area contributed by atoms with Gasteiger partial charge in [0, 0.05) is 29.6 Å². The van der Waals surface area contributed by atoms with Crippen molar-refractivity contribution in [3.63, 3.8) is 0 Å². The summed E-state index contributed by atoms with van der Waals surface area (Å²) in [6.45, 7) is 5.05. The number of hydrogen-bond donors (Lipinski definition) is 0. The van der Waals surface area contributed by atoms with Crippen molar-refractivity contribution in [3.05, 3.63) is 73.1 Å². The molecule has 0 saturated carbocycles. The molecule has 0 fully saturated rings. The highest BCUT2D eigenvalue weighted by atomic mass is 16.5. The SMILES string of the molecule is CCC[C@@H](C)n1cc(-c2nc(-c3cnn(Cc4ccc(OC)cc4)c3)cn3nccc23)cn1. The van der Waals surface area contributed by atoms with E-state index in [2.05, 4.69) is 35.3 Å². The Morgan fingerprint density at radius 3 is 2.55 bits per heavy atom. The predicted octanol–water partition coefficient (Wildman–Crippen LogP) is 4.87. The van der Waals surface area contributed by atoms with Gasteiger partial charge in [-0.25, -0.2) is 9.50 Å². The number of benzene rings is 1. The van der Waals surface area contributed by atoms with E-state index in [1.165, 1.54) is 0 Å². The van der Waals surface area contributed by atoms with Crippen molar-refractivity contribution >= 4 is 5.52 Å².